The smallest absolute Gasteiger partial charge is 0.209 e. The molecule has 0 aliphatic carbocycles. The third-order valence-corrected chi connectivity index (χ3v) is 4.62. The average Bonchev–Trinajstić information content (AvgIpc) is 3.15. The maximum absolute atomic E-state index is 12.2. The number of hydrogen-bond acceptors (Lipinski definition) is 5. The molecule has 25 heavy (non-hydrogen) atoms. The lowest BCUT2D eigenvalue weighted by Crippen LogP contribution is -2.02. The molecule has 1 heterocycles. The minimum Gasteiger partial charge on any atom is -0.293 e. The fourth-order valence-electron chi connectivity index (χ4n) is 2.28. The molecule has 2 aromatic carbocycles. The number of aromatic nitrogens is 3. The van der Waals surface area contributed by atoms with E-state index >= 15 is 0 Å². The van der Waals surface area contributed by atoms with Gasteiger partial charge in [-0.3, -0.25) is 9.89 Å². The van der Waals surface area contributed by atoms with Crippen molar-refractivity contribution >= 4 is 17.5 Å². The molecule has 0 fully saturated rings. The number of carbonyl (C=O) groups is 1. The summed E-state index contributed by atoms with van der Waals surface area (Å²) in [6.45, 7) is 2.11. The summed E-state index contributed by atoms with van der Waals surface area (Å²) in [4.78, 5) is 16.6. The lowest BCUT2D eigenvalue weighted by atomic mass is 10.1. The monoisotopic (exact) mass is 348 g/mol. The van der Waals surface area contributed by atoms with Gasteiger partial charge in [-0.2, -0.15) is 5.26 Å². The minimum atomic E-state index is -0.0202. The number of thioether (sulfide) groups is 1. The molecule has 1 N–H and O–H groups in total. The number of carbonyl (C=O) groups excluding carboxylic acids is 1. The second-order valence-corrected chi connectivity index (χ2v) is 6.36. The summed E-state index contributed by atoms with van der Waals surface area (Å²) in [5.41, 5.74) is 3.36. The van der Waals surface area contributed by atoms with Crippen molar-refractivity contribution in [1.29, 1.82) is 5.26 Å². The van der Waals surface area contributed by atoms with Gasteiger partial charge in [0.15, 0.2) is 11.6 Å². The second kappa shape index (κ2) is 7.77. The first kappa shape index (κ1) is 16.9. The number of nitrogens with zero attached hydrogens (tertiary/aromatic N) is 3. The van der Waals surface area contributed by atoms with Crippen LogP contribution in [0.3, 0.4) is 0 Å². The zero-order valence-corrected chi connectivity index (χ0v) is 14.5. The first-order valence-electron chi connectivity index (χ1n) is 7.87. The molecule has 0 spiro atoms. The number of aryl methyl sites for hydroxylation is 1. The van der Waals surface area contributed by atoms with Gasteiger partial charge in [-0.1, -0.05) is 55.1 Å². The van der Waals surface area contributed by atoms with Gasteiger partial charge in [0.1, 0.15) is 0 Å². The fraction of sp³-hybridized carbons (Fsp3) is 0.158. The van der Waals surface area contributed by atoms with E-state index in [1.807, 2.05) is 18.2 Å². The van der Waals surface area contributed by atoms with Crippen molar-refractivity contribution in [3.63, 3.8) is 0 Å². The number of aromatic amines is 1. The first-order valence-corrected chi connectivity index (χ1v) is 8.86. The van der Waals surface area contributed by atoms with E-state index in [4.69, 9.17) is 5.26 Å². The molecule has 0 amide bonds. The molecular formula is C19H16N4OS. The van der Waals surface area contributed by atoms with Crippen LogP contribution in [0, 0.1) is 11.3 Å². The third kappa shape index (κ3) is 4.14. The normalized spacial score (nSPS) is 10.4. The van der Waals surface area contributed by atoms with Crippen molar-refractivity contribution in [2.75, 3.05) is 5.75 Å². The molecule has 0 aliphatic rings. The zero-order chi connectivity index (χ0) is 17.6. The van der Waals surface area contributed by atoms with Gasteiger partial charge in [-0.25, -0.2) is 4.98 Å². The van der Waals surface area contributed by atoms with E-state index in [2.05, 4.69) is 34.2 Å². The molecule has 0 unspecified atom stereocenters. The second-order valence-electron chi connectivity index (χ2n) is 5.42. The summed E-state index contributed by atoms with van der Waals surface area (Å²) in [5, 5.41) is 16.4. The Morgan fingerprint density at radius 1 is 1.16 bits per heavy atom. The van der Waals surface area contributed by atoms with Gasteiger partial charge in [0.25, 0.3) is 0 Å². The van der Waals surface area contributed by atoms with Crippen LogP contribution in [0.1, 0.15) is 28.4 Å². The van der Waals surface area contributed by atoms with Crippen LogP contribution in [0.15, 0.2) is 53.7 Å². The summed E-state index contributed by atoms with van der Waals surface area (Å²) < 4.78 is 0. The SMILES string of the molecule is CCc1ccc(-c2nc(SCC(=O)c3ccc(C#N)cc3)n[nH]2)cc1. The molecular weight excluding hydrogens is 332 g/mol. The Labute approximate surface area is 150 Å². The van der Waals surface area contributed by atoms with Crippen molar-refractivity contribution in [1.82, 2.24) is 15.2 Å². The molecule has 3 rings (SSSR count). The Balaban J connectivity index is 1.62. The maximum Gasteiger partial charge on any atom is 0.209 e. The minimum absolute atomic E-state index is 0.0202. The number of nitriles is 1. The molecule has 3 aromatic rings. The Kier molecular flexibility index (Phi) is 5.26. The Morgan fingerprint density at radius 2 is 1.88 bits per heavy atom. The Morgan fingerprint density at radius 3 is 2.52 bits per heavy atom. The summed E-state index contributed by atoms with van der Waals surface area (Å²) >= 11 is 1.29. The molecule has 5 nitrogen and oxygen atoms in total. The predicted octanol–water partition coefficient (Wildman–Crippen LogP) is 3.88. The quantitative estimate of drug-likeness (QED) is 0.540. The van der Waals surface area contributed by atoms with E-state index in [0.717, 1.165) is 12.0 Å². The highest BCUT2D eigenvalue weighted by Gasteiger charge is 2.11. The van der Waals surface area contributed by atoms with Crippen molar-refractivity contribution < 1.29 is 4.79 Å². The number of benzene rings is 2. The Hall–Kier alpha value is -2.91. The van der Waals surface area contributed by atoms with Crippen LogP contribution in [-0.4, -0.2) is 26.7 Å². The highest BCUT2D eigenvalue weighted by molar-refractivity contribution is 7.99. The molecule has 1 aromatic heterocycles. The predicted molar refractivity (Wildman–Crippen MR) is 97.4 cm³/mol. The molecule has 0 atom stereocenters. The number of Topliss-reactive ketones (excluding diaryl/α,β-unsaturated/α-hetero) is 1. The van der Waals surface area contributed by atoms with Crippen LogP contribution in [0.5, 0.6) is 0 Å². The maximum atomic E-state index is 12.2. The van der Waals surface area contributed by atoms with Crippen LogP contribution >= 0.6 is 11.8 Å². The van der Waals surface area contributed by atoms with E-state index in [1.54, 1.807) is 24.3 Å². The van der Waals surface area contributed by atoms with E-state index in [9.17, 15) is 4.79 Å². The van der Waals surface area contributed by atoms with Crippen molar-refractivity contribution in [2.45, 2.75) is 18.5 Å². The van der Waals surface area contributed by atoms with Crippen LogP contribution in [0.4, 0.5) is 0 Å². The lowest BCUT2D eigenvalue weighted by molar-refractivity contribution is 0.102. The average molecular weight is 348 g/mol. The number of ketones is 1. The lowest BCUT2D eigenvalue weighted by Gasteiger charge is -1.99. The molecule has 0 saturated carbocycles. The fourth-order valence-corrected chi connectivity index (χ4v) is 2.98. The van der Waals surface area contributed by atoms with Gasteiger partial charge in [-0.05, 0) is 24.1 Å². The number of rotatable bonds is 6. The molecule has 124 valence electrons. The number of hydrogen-bond donors (Lipinski definition) is 1. The molecule has 0 saturated heterocycles. The largest absolute Gasteiger partial charge is 0.293 e. The van der Waals surface area contributed by atoms with Gasteiger partial charge < -0.3 is 0 Å². The zero-order valence-electron chi connectivity index (χ0n) is 13.7. The molecule has 6 heteroatoms. The number of nitrogens with one attached hydrogen (secondary N) is 1. The topological polar surface area (TPSA) is 82.4 Å². The van der Waals surface area contributed by atoms with Crippen LogP contribution in [0.25, 0.3) is 11.4 Å². The van der Waals surface area contributed by atoms with E-state index < -0.39 is 0 Å². The van der Waals surface area contributed by atoms with Gasteiger partial charge in [-0.15, -0.1) is 5.10 Å². The summed E-state index contributed by atoms with van der Waals surface area (Å²) in [6.07, 6.45) is 0.995. The summed E-state index contributed by atoms with van der Waals surface area (Å²) in [5.74, 6) is 0.918. The summed E-state index contributed by atoms with van der Waals surface area (Å²) in [7, 11) is 0. The highest BCUT2D eigenvalue weighted by atomic mass is 32.2. The van der Waals surface area contributed by atoms with Crippen LogP contribution in [0.2, 0.25) is 0 Å². The van der Waals surface area contributed by atoms with Crippen molar-refractivity contribution in [2.24, 2.45) is 0 Å². The van der Waals surface area contributed by atoms with Gasteiger partial charge in [0.05, 0.1) is 17.4 Å². The van der Waals surface area contributed by atoms with E-state index in [-0.39, 0.29) is 11.5 Å². The van der Waals surface area contributed by atoms with E-state index in [0.29, 0.717) is 22.1 Å². The summed E-state index contributed by atoms with van der Waals surface area (Å²) in [6, 6.07) is 16.8. The van der Waals surface area contributed by atoms with Crippen LogP contribution < -0.4 is 0 Å². The third-order valence-electron chi connectivity index (χ3n) is 3.77. The Bertz CT molecular complexity index is 908. The van der Waals surface area contributed by atoms with Gasteiger partial charge in [0, 0.05) is 11.1 Å². The number of H-pyrrole nitrogens is 1. The standard InChI is InChI=1S/C19H16N4OS/c1-2-13-3-9-16(10-4-13)18-21-19(23-22-18)25-12-17(24)15-7-5-14(11-20)6-8-15/h3-10H,2,12H2,1H3,(H,21,22,23). The van der Waals surface area contributed by atoms with Crippen molar-refractivity contribution in [3.05, 3.63) is 65.2 Å². The van der Waals surface area contributed by atoms with Crippen LogP contribution in [-0.2, 0) is 6.42 Å². The highest BCUT2D eigenvalue weighted by Crippen LogP contribution is 2.20. The first-order chi connectivity index (χ1) is 12.2. The van der Waals surface area contributed by atoms with Gasteiger partial charge in [0.2, 0.25) is 5.16 Å². The molecule has 0 bridgehead atoms. The van der Waals surface area contributed by atoms with Crippen molar-refractivity contribution in [3.8, 4) is 17.5 Å². The molecule has 0 aliphatic heterocycles. The van der Waals surface area contributed by atoms with Gasteiger partial charge >= 0.3 is 0 Å². The molecule has 0 radical (unpaired) electrons. The van der Waals surface area contributed by atoms with E-state index in [1.165, 1.54) is 17.3 Å².